The zero-order valence-corrected chi connectivity index (χ0v) is 13.7. The minimum Gasteiger partial charge on any atom is -0.493 e. The molecule has 1 saturated carbocycles. The largest absolute Gasteiger partial charge is 0.493 e. The van der Waals surface area contributed by atoms with Crippen molar-refractivity contribution < 1.29 is 14.3 Å². The molecule has 1 aliphatic carbocycles. The van der Waals surface area contributed by atoms with Gasteiger partial charge in [-0.2, -0.15) is 5.10 Å². The maximum absolute atomic E-state index is 12.0. The number of rotatable bonds is 5. The predicted molar refractivity (Wildman–Crippen MR) is 86.9 cm³/mol. The lowest BCUT2D eigenvalue weighted by molar-refractivity contribution is -0.125. The van der Waals surface area contributed by atoms with E-state index in [1.807, 2.05) is 0 Å². The van der Waals surface area contributed by atoms with Gasteiger partial charge < -0.3 is 9.47 Å². The number of hydrazone groups is 1. The summed E-state index contributed by atoms with van der Waals surface area (Å²) in [6.07, 6.45) is 6.85. The second kappa shape index (κ2) is 8.03. The standard InChI is InChI=1S/C16H21ClN2O3/c1-21-14-8-12(13(17)9-15(14)22-2)10-18-19-16(20)11-6-4-3-5-7-11/h8-11H,3-7H2,1-2H3,(H,19,20)/b18-10+. The third-order valence-electron chi connectivity index (χ3n) is 3.86. The molecule has 1 aromatic carbocycles. The topological polar surface area (TPSA) is 59.9 Å². The molecule has 0 aromatic heterocycles. The fourth-order valence-corrected chi connectivity index (χ4v) is 2.79. The number of hydrogen-bond donors (Lipinski definition) is 1. The number of halogens is 1. The molecule has 2 rings (SSSR count). The molecule has 0 radical (unpaired) electrons. The first kappa shape index (κ1) is 16.6. The van der Waals surface area contributed by atoms with Crippen LogP contribution in [0.1, 0.15) is 37.7 Å². The van der Waals surface area contributed by atoms with Gasteiger partial charge in [-0.15, -0.1) is 0 Å². The monoisotopic (exact) mass is 324 g/mol. The van der Waals surface area contributed by atoms with Gasteiger partial charge in [-0.05, 0) is 18.9 Å². The maximum atomic E-state index is 12.0. The summed E-state index contributed by atoms with van der Waals surface area (Å²) in [5.41, 5.74) is 3.25. The van der Waals surface area contributed by atoms with E-state index in [9.17, 15) is 4.79 Å². The van der Waals surface area contributed by atoms with Crippen LogP contribution in [-0.2, 0) is 4.79 Å². The molecular weight excluding hydrogens is 304 g/mol. The Morgan fingerprint density at radius 3 is 2.50 bits per heavy atom. The van der Waals surface area contributed by atoms with Crippen molar-refractivity contribution in [3.8, 4) is 11.5 Å². The lowest BCUT2D eigenvalue weighted by atomic mass is 9.89. The predicted octanol–water partition coefficient (Wildman–Crippen LogP) is 3.39. The number of hydrogen-bond acceptors (Lipinski definition) is 4. The molecule has 0 atom stereocenters. The fraction of sp³-hybridized carbons (Fsp3) is 0.500. The number of carbonyl (C=O) groups excluding carboxylic acids is 1. The highest BCUT2D eigenvalue weighted by Crippen LogP contribution is 2.32. The number of nitrogens with zero attached hydrogens (tertiary/aromatic N) is 1. The first-order chi connectivity index (χ1) is 10.7. The Balaban J connectivity index is 2.01. The minimum atomic E-state index is -0.0208. The molecule has 5 nitrogen and oxygen atoms in total. The van der Waals surface area contributed by atoms with Crippen LogP contribution in [0.5, 0.6) is 11.5 Å². The van der Waals surface area contributed by atoms with Gasteiger partial charge in [0.05, 0.1) is 25.5 Å². The lowest BCUT2D eigenvalue weighted by Gasteiger charge is -2.19. The summed E-state index contributed by atoms with van der Waals surface area (Å²) in [5.74, 6) is 1.17. The van der Waals surface area contributed by atoms with Crippen LogP contribution in [0.25, 0.3) is 0 Å². The first-order valence-corrected chi connectivity index (χ1v) is 7.78. The third kappa shape index (κ3) is 4.13. The van der Waals surface area contributed by atoms with E-state index in [4.69, 9.17) is 21.1 Å². The van der Waals surface area contributed by atoms with Gasteiger partial charge in [0.1, 0.15) is 0 Å². The van der Waals surface area contributed by atoms with E-state index in [-0.39, 0.29) is 11.8 Å². The van der Waals surface area contributed by atoms with E-state index in [0.717, 1.165) is 25.7 Å². The molecule has 0 aliphatic heterocycles. The van der Waals surface area contributed by atoms with Gasteiger partial charge in [0, 0.05) is 17.5 Å². The summed E-state index contributed by atoms with van der Waals surface area (Å²) in [6, 6.07) is 3.38. The van der Waals surface area contributed by atoms with Crippen LogP contribution in [0.15, 0.2) is 17.2 Å². The molecule has 1 N–H and O–H groups in total. The molecule has 0 saturated heterocycles. The second-order valence-electron chi connectivity index (χ2n) is 5.30. The van der Waals surface area contributed by atoms with Gasteiger partial charge >= 0.3 is 0 Å². The Morgan fingerprint density at radius 2 is 1.86 bits per heavy atom. The van der Waals surface area contributed by atoms with E-state index >= 15 is 0 Å². The van der Waals surface area contributed by atoms with Crippen molar-refractivity contribution in [2.75, 3.05) is 14.2 Å². The highest BCUT2D eigenvalue weighted by atomic mass is 35.5. The van der Waals surface area contributed by atoms with Crippen LogP contribution in [0, 0.1) is 5.92 Å². The van der Waals surface area contributed by atoms with Gasteiger partial charge in [0.2, 0.25) is 5.91 Å². The van der Waals surface area contributed by atoms with E-state index in [2.05, 4.69) is 10.5 Å². The molecule has 0 spiro atoms. The van der Waals surface area contributed by atoms with E-state index in [0.29, 0.717) is 22.1 Å². The second-order valence-corrected chi connectivity index (χ2v) is 5.71. The van der Waals surface area contributed by atoms with E-state index < -0.39 is 0 Å². The Labute approximate surface area is 135 Å². The highest BCUT2D eigenvalue weighted by Gasteiger charge is 2.20. The minimum absolute atomic E-state index is 0.0208. The normalized spacial score (nSPS) is 15.8. The summed E-state index contributed by atoms with van der Waals surface area (Å²) in [7, 11) is 3.10. The van der Waals surface area contributed by atoms with Crippen LogP contribution in [0.3, 0.4) is 0 Å². The molecular formula is C16H21ClN2O3. The van der Waals surface area contributed by atoms with Crippen LogP contribution in [0.4, 0.5) is 0 Å². The molecule has 120 valence electrons. The molecule has 22 heavy (non-hydrogen) atoms. The zero-order chi connectivity index (χ0) is 15.9. The van der Waals surface area contributed by atoms with Gasteiger partial charge in [-0.3, -0.25) is 4.79 Å². The maximum Gasteiger partial charge on any atom is 0.243 e. The van der Waals surface area contributed by atoms with Crippen LogP contribution >= 0.6 is 11.6 Å². The van der Waals surface area contributed by atoms with E-state index in [1.165, 1.54) is 12.6 Å². The summed E-state index contributed by atoms with van der Waals surface area (Å²) >= 11 is 6.16. The number of methoxy groups -OCH3 is 2. The Morgan fingerprint density at radius 1 is 1.23 bits per heavy atom. The van der Waals surface area contributed by atoms with Gasteiger partial charge in [-0.25, -0.2) is 5.43 Å². The molecule has 1 aromatic rings. The number of carbonyl (C=O) groups is 1. The summed E-state index contributed by atoms with van der Waals surface area (Å²) in [6.45, 7) is 0. The smallest absolute Gasteiger partial charge is 0.243 e. The van der Waals surface area contributed by atoms with Crippen molar-refractivity contribution in [1.29, 1.82) is 0 Å². The fourth-order valence-electron chi connectivity index (χ4n) is 2.59. The Kier molecular flexibility index (Phi) is 6.07. The SMILES string of the molecule is COc1cc(Cl)c(/C=N/NC(=O)C2CCCCC2)cc1OC. The lowest BCUT2D eigenvalue weighted by Crippen LogP contribution is -2.28. The van der Waals surface area contributed by atoms with Gasteiger partial charge in [-0.1, -0.05) is 30.9 Å². The first-order valence-electron chi connectivity index (χ1n) is 7.40. The van der Waals surface area contributed by atoms with Crippen LogP contribution in [-0.4, -0.2) is 26.3 Å². The van der Waals surface area contributed by atoms with Gasteiger partial charge in [0.25, 0.3) is 0 Å². The van der Waals surface area contributed by atoms with Crippen molar-refractivity contribution in [2.24, 2.45) is 11.0 Å². The van der Waals surface area contributed by atoms with Crippen molar-refractivity contribution in [3.63, 3.8) is 0 Å². The highest BCUT2D eigenvalue weighted by molar-refractivity contribution is 6.33. The number of amides is 1. The molecule has 1 fully saturated rings. The molecule has 0 heterocycles. The van der Waals surface area contributed by atoms with Crippen molar-refractivity contribution in [1.82, 2.24) is 5.43 Å². The summed E-state index contributed by atoms with van der Waals surface area (Å²) in [4.78, 5) is 12.0. The third-order valence-corrected chi connectivity index (χ3v) is 4.18. The summed E-state index contributed by atoms with van der Waals surface area (Å²) < 4.78 is 10.4. The molecule has 1 amide bonds. The zero-order valence-electron chi connectivity index (χ0n) is 12.9. The average Bonchev–Trinajstić information content (AvgIpc) is 2.56. The molecule has 6 heteroatoms. The van der Waals surface area contributed by atoms with Crippen LogP contribution in [0.2, 0.25) is 5.02 Å². The number of benzene rings is 1. The van der Waals surface area contributed by atoms with E-state index in [1.54, 1.807) is 26.4 Å². The quantitative estimate of drug-likeness (QED) is 0.667. The Bertz CT molecular complexity index is 555. The number of nitrogens with one attached hydrogen (secondary N) is 1. The van der Waals surface area contributed by atoms with Crippen molar-refractivity contribution >= 4 is 23.7 Å². The van der Waals surface area contributed by atoms with Crippen molar-refractivity contribution in [2.45, 2.75) is 32.1 Å². The van der Waals surface area contributed by atoms with Crippen LogP contribution < -0.4 is 14.9 Å². The molecule has 0 bridgehead atoms. The Hall–Kier alpha value is -1.75. The molecule has 0 unspecified atom stereocenters. The van der Waals surface area contributed by atoms with Gasteiger partial charge in [0.15, 0.2) is 11.5 Å². The van der Waals surface area contributed by atoms with Crippen molar-refractivity contribution in [3.05, 3.63) is 22.7 Å². The molecule has 1 aliphatic rings. The summed E-state index contributed by atoms with van der Waals surface area (Å²) in [5, 5.41) is 4.48. The average molecular weight is 325 g/mol. The number of ether oxygens (including phenoxy) is 2.